The first-order valence-corrected chi connectivity index (χ1v) is 11.0. The molecular weight excluding hydrogens is 396 g/mol. The first kappa shape index (κ1) is 20.1. The minimum Gasteiger partial charge on any atom is -0.378 e. The van der Waals surface area contributed by atoms with E-state index in [-0.39, 0.29) is 11.8 Å². The van der Waals surface area contributed by atoms with E-state index in [0.29, 0.717) is 38.6 Å². The molecule has 0 aliphatic carbocycles. The van der Waals surface area contributed by atoms with Gasteiger partial charge in [0.05, 0.1) is 42.4 Å². The van der Waals surface area contributed by atoms with Crippen molar-refractivity contribution >= 4 is 11.6 Å². The number of rotatable bonds is 4. The van der Waals surface area contributed by atoms with E-state index in [0.717, 1.165) is 54.2 Å². The average Bonchev–Trinajstić information content (AvgIpc) is 3.38. The van der Waals surface area contributed by atoms with E-state index < -0.39 is 0 Å². The average molecular weight is 425 g/mol. The number of hydrogen-bond acceptors (Lipinski definition) is 7. The van der Waals surface area contributed by atoms with Gasteiger partial charge in [0.1, 0.15) is 0 Å². The van der Waals surface area contributed by atoms with Crippen LogP contribution in [0, 0.1) is 13.8 Å². The summed E-state index contributed by atoms with van der Waals surface area (Å²) in [6.45, 7) is 8.68. The van der Waals surface area contributed by atoms with Crippen molar-refractivity contribution in [1.29, 1.82) is 0 Å². The standard InChI is InChI=1S/C22H28N6O3/c1-15-11-20-23-12-18(19-10-16(2)25-31-19)22(28(20)24-15)17-4-3-5-26(13-17)14-21(29)27-6-8-30-9-7-27/h10-12,17H,3-9,13-14H2,1-2H3. The lowest BCUT2D eigenvalue weighted by Crippen LogP contribution is -2.47. The Hall–Kier alpha value is -2.78. The fourth-order valence-corrected chi connectivity index (χ4v) is 4.67. The molecule has 164 valence electrons. The van der Waals surface area contributed by atoms with Crippen molar-refractivity contribution in [1.82, 2.24) is 29.6 Å². The summed E-state index contributed by atoms with van der Waals surface area (Å²) in [5, 5.41) is 8.79. The zero-order chi connectivity index (χ0) is 21.4. The van der Waals surface area contributed by atoms with Crippen LogP contribution in [0.5, 0.6) is 0 Å². The van der Waals surface area contributed by atoms with Crippen LogP contribution >= 0.6 is 0 Å². The van der Waals surface area contributed by atoms with Crippen LogP contribution in [0.4, 0.5) is 0 Å². The molecule has 0 N–H and O–H groups in total. The molecule has 0 saturated carbocycles. The van der Waals surface area contributed by atoms with Gasteiger partial charge in [-0.2, -0.15) is 5.10 Å². The van der Waals surface area contributed by atoms with Crippen LogP contribution in [-0.2, 0) is 9.53 Å². The molecule has 9 heteroatoms. The highest BCUT2D eigenvalue weighted by molar-refractivity contribution is 5.78. The van der Waals surface area contributed by atoms with Crippen molar-refractivity contribution in [2.75, 3.05) is 45.9 Å². The highest BCUT2D eigenvalue weighted by Gasteiger charge is 2.30. The molecule has 2 aliphatic heterocycles. The minimum absolute atomic E-state index is 0.185. The molecule has 5 heterocycles. The molecule has 1 atom stereocenters. The van der Waals surface area contributed by atoms with E-state index in [2.05, 4.69) is 15.0 Å². The summed E-state index contributed by atoms with van der Waals surface area (Å²) in [6.07, 6.45) is 3.92. The zero-order valence-corrected chi connectivity index (χ0v) is 18.1. The largest absolute Gasteiger partial charge is 0.378 e. The number of morpholine rings is 1. The Morgan fingerprint density at radius 3 is 2.77 bits per heavy atom. The zero-order valence-electron chi connectivity index (χ0n) is 18.1. The summed E-state index contributed by atoms with van der Waals surface area (Å²) < 4.78 is 12.9. The van der Waals surface area contributed by atoms with Gasteiger partial charge in [0.15, 0.2) is 11.4 Å². The summed E-state index contributed by atoms with van der Waals surface area (Å²) in [7, 11) is 0. The van der Waals surface area contributed by atoms with Crippen molar-refractivity contribution in [3.8, 4) is 11.3 Å². The Bertz CT molecular complexity index is 1080. The second-order valence-corrected chi connectivity index (χ2v) is 8.51. The molecular formula is C22H28N6O3. The highest BCUT2D eigenvalue weighted by Crippen LogP contribution is 2.35. The van der Waals surface area contributed by atoms with E-state index in [4.69, 9.17) is 14.4 Å². The van der Waals surface area contributed by atoms with Gasteiger partial charge in [-0.15, -0.1) is 0 Å². The molecule has 0 bridgehead atoms. The van der Waals surface area contributed by atoms with Crippen molar-refractivity contribution in [3.05, 3.63) is 35.4 Å². The number of likely N-dealkylation sites (tertiary alicyclic amines) is 1. The SMILES string of the molecule is Cc1cc(-c2cnc3cc(C)nn3c2C2CCCN(CC(=O)N3CCOCC3)C2)on1. The molecule has 2 saturated heterocycles. The Morgan fingerprint density at radius 2 is 2.00 bits per heavy atom. The quantitative estimate of drug-likeness (QED) is 0.633. The third-order valence-corrected chi connectivity index (χ3v) is 6.15. The van der Waals surface area contributed by atoms with Crippen LogP contribution in [0.15, 0.2) is 22.9 Å². The van der Waals surface area contributed by atoms with E-state index in [9.17, 15) is 4.79 Å². The van der Waals surface area contributed by atoms with Crippen LogP contribution in [0.3, 0.4) is 0 Å². The number of aryl methyl sites for hydroxylation is 2. The van der Waals surface area contributed by atoms with Crippen LogP contribution in [-0.4, -0.2) is 81.4 Å². The molecule has 31 heavy (non-hydrogen) atoms. The van der Waals surface area contributed by atoms with E-state index >= 15 is 0 Å². The van der Waals surface area contributed by atoms with Crippen molar-refractivity contribution in [2.24, 2.45) is 0 Å². The summed E-state index contributed by atoms with van der Waals surface area (Å²) in [4.78, 5) is 21.6. The summed E-state index contributed by atoms with van der Waals surface area (Å²) in [5.41, 5.74) is 4.59. The maximum Gasteiger partial charge on any atom is 0.236 e. The summed E-state index contributed by atoms with van der Waals surface area (Å²) >= 11 is 0. The topological polar surface area (TPSA) is 89.0 Å². The Labute approximate surface area is 181 Å². The highest BCUT2D eigenvalue weighted by atomic mass is 16.5. The van der Waals surface area contributed by atoms with Crippen LogP contribution in [0.1, 0.15) is 35.8 Å². The monoisotopic (exact) mass is 424 g/mol. The van der Waals surface area contributed by atoms with Crippen molar-refractivity contribution < 1.29 is 14.1 Å². The van der Waals surface area contributed by atoms with Crippen molar-refractivity contribution in [2.45, 2.75) is 32.6 Å². The van der Waals surface area contributed by atoms with Gasteiger partial charge in [-0.3, -0.25) is 9.69 Å². The minimum atomic E-state index is 0.185. The number of ether oxygens (including phenoxy) is 1. The molecule has 0 aromatic carbocycles. The van der Waals surface area contributed by atoms with Gasteiger partial charge in [0, 0.05) is 43.9 Å². The van der Waals surface area contributed by atoms with Gasteiger partial charge in [-0.05, 0) is 33.2 Å². The molecule has 0 radical (unpaired) electrons. The third kappa shape index (κ3) is 4.07. The predicted octanol–water partition coefficient (Wildman–Crippen LogP) is 2.04. The van der Waals surface area contributed by atoms with Crippen molar-refractivity contribution in [3.63, 3.8) is 0 Å². The van der Waals surface area contributed by atoms with Gasteiger partial charge < -0.3 is 14.2 Å². The molecule has 1 unspecified atom stereocenters. The number of aromatic nitrogens is 4. The fourth-order valence-electron chi connectivity index (χ4n) is 4.67. The van der Waals surface area contributed by atoms with Crippen LogP contribution in [0.25, 0.3) is 17.0 Å². The van der Waals surface area contributed by atoms with Gasteiger partial charge in [0.25, 0.3) is 0 Å². The van der Waals surface area contributed by atoms with Crippen LogP contribution < -0.4 is 0 Å². The number of nitrogens with zero attached hydrogens (tertiary/aromatic N) is 6. The Morgan fingerprint density at radius 1 is 1.16 bits per heavy atom. The number of carbonyl (C=O) groups excluding carboxylic acids is 1. The number of piperidine rings is 1. The van der Waals surface area contributed by atoms with Gasteiger partial charge in [0.2, 0.25) is 5.91 Å². The number of hydrogen-bond donors (Lipinski definition) is 0. The summed E-state index contributed by atoms with van der Waals surface area (Å²) in [5.74, 6) is 1.11. The van der Waals surface area contributed by atoms with E-state index in [1.54, 1.807) is 0 Å². The predicted molar refractivity (Wildman–Crippen MR) is 114 cm³/mol. The summed E-state index contributed by atoms with van der Waals surface area (Å²) in [6, 6.07) is 3.92. The smallest absolute Gasteiger partial charge is 0.236 e. The maximum atomic E-state index is 12.8. The molecule has 1 amide bonds. The van der Waals surface area contributed by atoms with E-state index in [1.807, 2.05) is 41.6 Å². The second-order valence-electron chi connectivity index (χ2n) is 8.51. The molecule has 2 fully saturated rings. The second kappa shape index (κ2) is 8.39. The normalized spacial score (nSPS) is 20.5. The first-order valence-electron chi connectivity index (χ1n) is 11.0. The molecule has 9 nitrogen and oxygen atoms in total. The number of carbonyl (C=O) groups is 1. The first-order chi connectivity index (χ1) is 15.1. The lowest BCUT2D eigenvalue weighted by atomic mass is 9.91. The Kier molecular flexibility index (Phi) is 5.45. The van der Waals surface area contributed by atoms with Crippen LogP contribution in [0.2, 0.25) is 0 Å². The van der Waals surface area contributed by atoms with E-state index in [1.165, 1.54) is 0 Å². The van der Waals surface area contributed by atoms with Gasteiger partial charge in [-0.25, -0.2) is 9.50 Å². The number of amides is 1. The number of fused-ring (bicyclic) bond motifs is 1. The molecule has 3 aromatic heterocycles. The fraction of sp³-hybridized carbons (Fsp3) is 0.545. The lowest BCUT2D eigenvalue weighted by Gasteiger charge is -2.35. The molecule has 5 rings (SSSR count). The lowest BCUT2D eigenvalue weighted by molar-refractivity contribution is -0.136. The van der Waals surface area contributed by atoms with Gasteiger partial charge >= 0.3 is 0 Å². The molecule has 3 aromatic rings. The third-order valence-electron chi connectivity index (χ3n) is 6.15. The maximum absolute atomic E-state index is 12.8. The molecule has 0 spiro atoms. The van der Waals surface area contributed by atoms with Gasteiger partial charge in [-0.1, -0.05) is 5.16 Å². The Balaban J connectivity index is 1.44. The molecule has 2 aliphatic rings.